The molecule has 3 rings (SSSR count). The van der Waals surface area contributed by atoms with Crippen molar-refractivity contribution >= 4 is 17.5 Å². The minimum atomic E-state index is -4.44. The molecule has 1 fully saturated rings. The number of nitrogens with one attached hydrogen (secondary N) is 2. The fraction of sp³-hybridized carbons (Fsp3) is 0.300. The van der Waals surface area contributed by atoms with E-state index in [1.807, 2.05) is 0 Å². The number of quaternary nitrogens is 1. The predicted molar refractivity (Wildman–Crippen MR) is 97.9 cm³/mol. The Hall–Kier alpha value is -2.94. The number of rotatable bonds is 4. The molecule has 5 nitrogen and oxygen atoms in total. The van der Waals surface area contributed by atoms with Gasteiger partial charge in [-0.1, -0.05) is 0 Å². The van der Waals surface area contributed by atoms with Crippen molar-refractivity contribution in [3.63, 3.8) is 0 Å². The summed E-state index contributed by atoms with van der Waals surface area (Å²) >= 11 is 0. The molecule has 154 valence electrons. The zero-order valence-electron chi connectivity index (χ0n) is 15.4. The quantitative estimate of drug-likeness (QED) is 0.756. The second kappa shape index (κ2) is 8.60. The third-order valence-corrected chi connectivity index (χ3v) is 4.76. The number of hydrogen-bond acceptors (Lipinski definition) is 2. The van der Waals surface area contributed by atoms with Crippen LogP contribution in [0, 0.1) is 5.82 Å². The summed E-state index contributed by atoms with van der Waals surface area (Å²) in [6, 6.07) is 9.62. The maximum atomic E-state index is 12.9. The van der Waals surface area contributed by atoms with E-state index < -0.39 is 11.7 Å². The van der Waals surface area contributed by atoms with E-state index in [0.29, 0.717) is 31.9 Å². The van der Waals surface area contributed by atoms with Gasteiger partial charge in [0.2, 0.25) is 0 Å². The van der Waals surface area contributed by atoms with Gasteiger partial charge >= 0.3 is 6.18 Å². The topological polar surface area (TPSA) is 53.9 Å². The highest BCUT2D eigenvalue weighted by Gasteiger charge is 2.31. The van der Waals surface area contributed by atoms with Crippen LogP contribution >= 0.6 is 0 Å². The molecule has 0 spiro atoms. The first kappa shape index (κ1) is 20.8. The Morgan fingerprint density at radius 3 is 2.10 bits per heavy atom. The summed E-state index contributed by atoms with van der Waals surface area (Å²) in [7, 11) is 0. The number of amides is 2. The van der Waals surface area contributed by atoms with Crippen molar-refractivity contribution < 1.29 is 32.1 Å². The van der Waals surface area contributed by atoms with Crippen molar-refractivity contribution in [2.45, 2.75) is 6.18 Å². The Labute approximate surface area is 164 Å². The molecule has 2 amide bonds. The molecule has 2 aromatic rings. The Balaban J connectivity index is 1.49. The van der Waals surface area contributed by atoms with Crippen LogP contribution in [0.15, 0.2) is 48.5 Å². The molecule has 0 radical (unpaired) electrons. The monoisotopic (exact) mass is 410 g/mol. The van der Waals surface area contributed by atoms with Gasteiger partial charge in [0.05, 0.1) is 31.7 Å². The van der Waals surface area contributed by atoms with Crippen LogP contribution in [0.5, 0.6) is 0 Å². The van der Waals surface area contributed by atoms with E-state index in [0.717, 1.165) is 17.0 Å². The number of anilines is 1. The molecule has 29 heavy (non-hydrogen) atoms. The van der Waals surface area contributed by atoms with Gasteiger partial charge in [0.1, 0.15) is 5.82 Å². The Morgan fingerprint density at radius 1 is 0.966 bits per heavy atom. The molecule has 0 saturated carbocycles. The zero-order chi connectivity index (χ0) is 21.0. The molecular weight excluding hydrogens is 390 g/mol. The van der Waals surface area contributed by atoms with E-state index in [2.05, 4.69) is 5.32 Å². The number of hydrogen-bond donors (Lipinski definition) is 2. The van der Waals surface area contributed by atoms with Crippen molar-refractivity contribution in [1.29, 1.82) is 0 Å². The third kappa shape index (κ3) is 5.54. The lowest BCUT2D eigenvalue weighted by atomic mass is 10.1. The normalized spacial score (nSPS) is 15.2. The molecule has 0 aliphatic carbocycles. The van der Waals surface area contributed by atoms with E-state index >= 15 is 0 Å². The lowest BCUT2D eigenvalue weighted by molar-refractivity contribution is -0.895. The Kier molecular flexibility index (Phi) is 6.17. The lowest BCUT2D eigenvalue weighted by Crippen LogP contribution is -3.15. The number of piperazine rings is 1. The highest BCUT2D eigenvalue weighted by molar-refractivity contribution is 5.94. The van der Waals surface area contributed by atoms with Gasteiger partial charge in [-0.3, -0.25) is 9.59 Å². The molecule has 1 heterocycles. The summed E-state index contributed by atoms with van der Waals surface area (Å²) in [5.41, 5.74) is -0.0853. The third-order valence-electron chi connectivity index (χ3n) is 4.76. The summed E-state index contributed by atoms with van der Waals surface area (Å²) in [5.74, 6) is -0.926. The minimum absolute atomic E-state index is 0.204. The molecular formula is C20H20F4N3O2+. The van der Waals surface area contributed by atoms with Crippen LogP contribution in [0.2, 0.25) is 0 Å². The fourth-order valence-corrected chi connectivity index (χ4v) is 3.15. The Bertz CT molecular complexity index is 859. The van der Waals surface area contributed by atoms with E-state index in [1.165, 1.54) is 36.4 Å². The minimum Gasteiger partial charge on any atom is -0.327 e. The first-order chi connectivity index (χ1) is 13.7. The van der Waals surface area contributed by atoms with Crippen molar-refractivity contribution in [3.05, 3.63) is 65.5 Å². The standard InChI is InChI=1S/C20H19F4N3O2/c21-16-5-7-17(8-6-16)25-18(28)13-26-9-11-27(12-10-26)19(29)14-1-3-15(4-2-14)20(22,23)24/h1-8H,9-13H2,(H,25,28)/p+1. The molecule has 2 N–H and O–H groups in total. The number of carbonyl (C=O) groups excluding carboxylic acids is 2. The second-order valence-electron chi connectivity index (χ2n) is 6.85. The van der Waals surface area contributed by atoms with Crippen LogP contribution in [-0.2, 0) is 11.0 Å². The summed E-state index contributed by atoms with van der Waals surface area (Å²) in [6.07, 6.45) is -4.44. The molecule has 0 unspecified atom stereocenters. The fourth-order valence-electron chi connectivity index (χ4n) is 3.15. The van der Waals surface area contributed by atoms with Crippen LogP contribution in [0.1, 0.15) is 15.9 Å². The van der Waals surface area contributed by atoms with Crippen molar-refractivity contribution in [1.82, 2.24) is 4.90 Å². The number of nitrogens with zero attached hydrogens (tertiary/aromatic N) is 1. The van der Waals surface area contributed by atoms with Crippen LogP contribution in [0.4, 0.5) is 23.2 Å². The largest absolute Gasteiger partial charge is 0.416 e. The molecule has 9 heteroatoms. The average molecular weight is 410 g/mol. The van der Waals surface area contributed by atoms with Crippen LogP contribution < -0.4 is 10.2 Å². The van der Waals surface area contributed by atoms with Gasteiger partial charge in [-0.05, 0) is 48.5 Å². The first-order valence-corrected chi connectivity index (χ1v) is 9.08. The number of alkyl halides is 3. The highest BCUT2D eigenvalue weighted by Crippen LogP contribution is 2.29. The van der Waals surface area contributed by atoms with Crippen molar-refractivity contribution in [2.24, 2.45) is 0 Å². The first-order valence-electron chi connectivity index (χ1n) is 9.08. The highest BCUT2D eigenvalue weighted by atomic mass is 19.4. The molecule has 0 bridgehead atoms. The van der Waals surface area contributed by atoms with Gasteiger partial charge in [0.25, 0.3) is 11.8 Å². The van der Waals surface area contributed by atoms with Gasteiger partial charge in [-0.2, -0.15) is 13.2 Å². The van der Waals surface area contributed by atoms with E-state index in [1.54, 1.807) is 4.90 Å². The van der Waals surface area contributed by atoms with Gasteiger partial charge in [-0.25, -0.2) is 4.39 Å². The molecule has 1 aliphatic rings. The average Bonchev–Trinajstić information content (AvgIpc) is 2.69. The summed E-state index contributed by atoms with van der Waals surface area (Å²) in [5, 5.41) is 2.69. The van der Waals surface area contributed by atoms with E-state index in [-0.39, 0.29) is 29.7 Å². The van der Waals surface area contributed by atoms with Crippen LogP contribution in [0.3, 0.4) is 0 Å². The summed E-state index contributed by atoms with van der Waals surface area (Å²) in [4.78, 5) is 27.2. The maximum Gasteiger partial charge on any atom is 0.416 e. The van der Waals surface area contributed by atoms with E-state index in [9.17, 15) is 27.2 Å². The van der Waals surface area contributed by atoms with Gasteiger partial charge in [0, 0.05) is 11.3 Å². The number of halogens is 4. The van der Waals surface area contributed by atoms with Gasteiger partial charge in [-0.15, -0.1) is 0 Å². The van der Waals surface area contributed by atoms with E-state index in [4.69, 9.17) is 0 Å². The lowest BCUT2D eigenvalue weighted by Gasteiger charge is -2.32. The van der Waals surface area contributed by atoms with Crippen LogP contribution in [0.25, 0.3) is 0 Å². The molecule has 0 atom stereocenters. The van der Waals surface area contributed by atoms with Gasteiger partial charge in [0.15, 0.2) is 6.54 Å². The molecule has 1 aliphatic heterocycles. The summed E-state index contributed by atoms with van der Waals surface area (Å²) < 4.78 is 50.8. The number of carbonyl (C=O) groups is 2. The van der Waals surface area contributed by atoms with Crippen LogP contribution in [-0.4, -0.2) is 49.4 Å². The Morgan fingerprint density at radius 2 is 1.55 bits per heavy atom. The number of benzene rings is 2. The molecule has 1 saturated heterocycles. The zero-order valence-corrected chi connectivity index (χ0v) is 15.4. The van der Waals surface area contributed by atoms with Crippen molar-refractivity contribution in [2.75, 3.05) is 38.0 Å². The van der Waals surface area contributed by atoms with Gasteiger partial charge < -0.3 is 15.1 Å². The molecule has 2 aromatic carbocycles. The van der Waals surface area contributed by atoms with Crippen molar-refractivity contribution in [3.8, 4) is 0 Å². The predicted octanol–water partition coefficient (Wildman–Crippen LogP) is 1.82. The SMILES string of the molecule is O=C(C[NH+]1CCN(C(=O)c2ccc(C(F)(F)F)cc2)CC1)Nc1ccc(F)cc1. The maximum absolute atomic E-state index is 12.9. The smallest absolute Gasteiger partial charge is 0.327 e. The summed E-state index contributed by atoms with van der Waals surface area (Å²) in [6.45, 7) is 2.10. The second-order valence-corrected chi connectivity index (χ2v) is 6.85. The molecule has 0 aromatic heterocycles.